The third-order valence-corrected chi connectivity index (χ3v) is 4.48. The van der Waals surface area contributed by atoms with Crippen LogP contribution < -0.4 is 0 Å². The fraction of sp³-hybridized carbons (Fsp3) is 1.00. The van der Waals surface area contributed by atoms with E-state index in [4.69, 9.17) is 0 Å². The number of hydrogen-bond acceptors (Lipinski definition) is 1. The van der Waals surface area contributed by atoms with Crippen LogP contribution in [0.15, 0.2) is 0 Å². The van der Waals surface area contributed by atoms with Gasteiger partial charge in [0.25, 0.3) is 0 Å². The maximum atomic E-state index is 10.1. The summed E-state index contributed by atoms with van der Waals surface area (Å²) in [5, 5.41) is 10.1. The summed E-state index contributed by atoms with van der Waals surface area (Å²) in [6.45, 7) is 6.60. The molecule has 58 valence electrons. The van der Waals surface area contributed by atoms with Crippen LogP contribution >= 0.6 is 0 Å². The lowest BCUT2D eigenvalue weighted by atomic mass is 9.93. The van der Waals surface area contributed by atoms with Gasteiger partial charge in [0, 0.05) is 10.8 Å². The van der Waals surface area contributed by atoms with Crippen molar-refractivity contribution in [2.75, 3.05) is 0 Å². The highest BCUT2D eigenvalue weighted by molar-refractivity contribution is 5.30. The minimum atomic E-state index is -0.306. The summed E-state index contributed by atoms with van der Waals surface area (Å²) in [6.07, 6.45) is 3.46. The zero-order valence-corrected chi connectivity index (χ0v) is 7.07. The maximum Gasteiger partial charge on any atom is 0.0764 e. The Morgan fingerprint density at radius 3 is 1.90 bits per heavy atom. The molecule has 1 heteroatoms. The highest BCUT2D eigenvalue weighted by Crippen LogP contribution is 2.78. The van der Waals surface area contributed by atoms with Crippen molar-refractivity contribution in [3.05, 3.63) is 0 Å². The molecule has 0 aliphatic heterocycles. The van der Waals surface area contributed by atoms with Crippen LogP contribution in [0.5, 0.6) is 0 Å². The molecule has 10 heavy (non-hydrogen) atoms. The van der Waals surface area contributed by atoms with Gasteiger partial charge in [0.15, 0.2) is 0 Å². The van der Waals surface area contributed by atoms with Crippen molar-refractivity contribution < 1.29 is 5.11 Å². The highest BCUT2D eigenvalue weighted by Gasteiger charge is 2.80. The molecule has 2 saturated carbocycles. The molecular formula is C9H16O. The summed E-state index contributed by atoms with van der Waals surface area (Å²) in [5.41, 5.74) is 0.137. The van der Waals surface area contributed by atoms with Crippen molar-refractivity contribution in [1.29, 1.82) is 0 Å². The number of aliphatic hydroxyl groups is 1. The Bertz CT molecular complexity index is 167. The molecule has 1 N–H and O–H groups in total. The predicted octanol–water partition coefficient (Wildman–Crippen LogP) is 1.95. The van der Waals surface area contributed by atoms with E-state index in [-0.39, 0.29) is 16.4 Å². The van der Waals surface area contributed by atoms with Crippen LogP contribution in [-0.4, -0.2) is 10.7 Å². The van der Waals surface area contributed by atoms with Crippen LogP contribution in [-0.2, 0) is 0 Å². The van der Waals surface area contributed by atoms with Gasteiger partial charge in [-0.1, -0.05) is 20.8 Å². The number of rotatable bonds is 0. The monoisotopic (exact) mass is 140 g/mol. The normalized spacial score (nSPS) is 56.4. The Hall–Kier alpha value is -0.0400. The fourth-order valence-electron chi connectivity index (χ4n) is 3.07. The van der Waals surface area contributed by atoms with Gasteiger partial charge in [-0.2, -0.15) is 0 Å². The van der Waals surface area contributed by atoms with Crippen LogP contribution in [0.2, 0.25) is 0 Å². The second kappa shape index (κ2) is 1.29. The molecule has 2 aliphatic carbocycles. The highest BCUT2D eigenvalue weighted by atomic mass is 16.3. The predicted molar refractivity (Wildman–Crippen MR) is 40.7 cm³/mol. The molecule has 2 atom stereocenters. The van der Waals surface area contributed by atoms with Crippen molar-refractivity contribution in [3.8, 4) is 0 Å². The van der Waals surface area contributed by atoms with Gasteiger partial charge < -0.3 is 5.11 Å². The lowest BCUT2D eigenvalue weighted by molar-refractivity contribution is 0.0974. The van der Waals surface area contributed by atoms with Crippen LogP contribution in [0.25, 0.3) is 0 Å². The Kier molecular flexibility index (Phi) is 0.860. The molecule has 0 aromatic carbocycles. The van der Waals surface area contributed by atoms with Crippen molar-refractivity contribution in [2.24, 2.45) is 10.8 Å². The van der Waals surface area contributed by atoms with Crippen molar-refractivity contribution in [1.82, 2.24) is 0 Å². The van der Waals surface area contributed by atoms with Crippen molar-refractivity contribution in [3.63, 3.8) is 0 Å². The Morgan fingerprint density at radius 2 is 1.70 bits per heavy atom. The van der Waals surface area contributed by atoms with E-state index in [9.17, 15) is 5.11 Å². The molecule has 0 bridgehead atoms. The summed E-state index contributed by atoms with van der Waals surface area (Å²) in [4.78, 5) is 0. The van der Waals surface area contributed by atoms with E-state index in [1.807, 2.05) is 0 Å². The molecule has 0 saturated heterocycles. The Morgan fingerprint density at radius 1 is 1.10 bits per heavy atom. The van der Waals surface area contributed by atoms with E-state index in [1.165, 1.54) is 12.8 Å². The zero-order chi connectivity index (χ0) is 7.62. The van der Waals surface area contributed by atoms with Gasteiger partial charge in [0.05, 0.1) is 5.60 Å². The van der Waals surface area contributed by atoms with Gasteiger partial charge in [0.1, 0.15) is 0 Å². The van der Waals surface area contributed by atoms with Gasteiger partial charge in [-0.05, 0) is 19.3 Å². The van der Waals surface area contributed by atoms with Crippen molar-refractivity contribution in [2.45, 2.75) is 45.6 Å². The second-order valence-corrected chi connectivity index (χ2v) is 4.67. The van der Waals surface area contributed by atoms with Gasteiger partial charge in [-0.25, -0.2) is 0 Å². The van der Waals surface area contributed by atoms with Crippen LogP contribution in [0.4, 0.5) is 0 Å². The minimum absolute atomic E-state index is 0.193. The average molecular weight is 140 g/mol. The molecule has 0 aromatic rings. The van der Waals surface area contributed by atoms with E-state index in [0.29, 0.717) is 0 Å². The average Bonchev–Trinajstić information content (AvgIpc) is 2.19. The first-order valence-corrected chi connectivity index (χ1v) is 4.18. The van der Waals surface area contributed by atoms with Gasteiger partial charge in [0.2, 0.25) is 0 Å². The summed E-state index contributed by atoms with van der Waals surface area (Å²) < 4.78 is 0. The fourth-order valence-corrected chi connectivity index (χ4v) is 3.07. The second-order valence-electron chi connectivity index (χ2n) is 4.67. The number of hydrogen-bond donors (Lipinski definition) is 1. The molecule has 0 radical (unpaired) electrons. The third kappa shape index (κ3) is 0.355. The third-order valence-electron chi connectivity index (χ3n) is 4.48. The molecule has 0 amide bonds. The quantitative estimate of drug-likeness (QED) is 0.545. The molecule has 1 nitrogen and oxygen atoms in total. The molecule has 0 spiro atoms. The van der Waals surface area contributed by atoms with Gasteiger partial charge >= 0.3 is 0 Å². The van der Waals surface area contributed by atoms with E-state index < -0.39 is 0 Å². The van der Waals surface area contributed by atoms with Crippen LogP contribution in [0.1, 0.15) is 40.0 Å². The smallest absolute Gasteiger partial charge is 0.0764 e. The first-order valence-electron chi connectivity index (χ1n) is 4.18. The lowest BCUT2D eigenvalue weighted by Crippen LogP contribution is -2.13. The Balaban J connectivity index is 2.38. The SMILES string of the molecule is CC1(C)C2(C)CCCC12O. The molecule has 2 aliphatic rings. The largest absolute Gasteiger partial charge is 0.389 e. The molecule has 2 fully saturated rings. The number of fused-ring (bicyclic) bond motifs is 1. The first kappa shape index (κ1) is 6.66. The molecular weight excluding hydrogens is 124 g/mol. The summed E-state index contributed by atoms with van der Waals surface area (Å²) in [7, 11) is 0. The molecule has 0 aromatic heterocycles. The molecule has 0 heterocycles. The van der Waals surface area contributed by atoms with Gasteiger partial charge in [-0.3, -0.25) is 0 Å². The Labute approximate surface area is 62.4 Å². The van der Waals surface area contributed by atoms with E-state index in [2.05, 4.69) is 20.8 Å². The zero-order valence-electron chi connectivity index (χ0n) is 7.07. The maximum absolute atomic E-state index is 10.1. The van der Waals surface area contributed by atoms with Crippen LogP contribution in [0.3, 0.4) is 0 Å². The summed E-state index contributed by atoms with van der Waals surface area (Å²) >= 11 is 0. The summed E-state index contributed by atoms with van der Waals surface area (Å²) in [6, 6.07) is 0. The van der Waals surface area contributed by atoms with Crippen molar-refractivity contribution >= 4 is 0 Å². The lowest BCUT2D eigenvalue weighted by Gasteiger charge is -2.12. The van der Waals surface area contributed by atoms with Crippen LogP contribution in [0, 0.1) is 10.8 Å². The van der Waals surface area contributed by atoms with E-state index in [1.54, 1.807) is 0 Å². The summed E-state index contributed by atoms with van der Waals surface area (Å²) in [5.74, 6) is 0. The van der Waals surface area contributed by atoms with E-state index >= 15 is 0 Å². The van der Waals surface area contributed by atoms with Gasteiger partial charge in [-0.15, -0.1) is 0 Å². The topological polar surface area (TPSA) is 20.2 Å². The minimum Gasteiger partial charge on any atom is -0.389 e. The molecule has 2 rings (SSSR count). The standard InChI is InChI=1S/C9H16O/c1-7(2)8(3)5-4-6-9(7,8)10/h10H,4-6H2,1-3H3. The van der Waals surface area contributed by atoms with E-state index in [0.717, 1.165) is 6.42 Å². The molecule has 2 unspecified atom stereocenters. The first-order chi connectivity index (χ1) is 4.46.